The molecule has 4 nitrogen and oxygen atoms in total. The highest BCUT2D eigenvalue weighted by Gasteiger charge is 2.50. The van der Waals surface area contributed by atoms with Crippen LogP contribution in [0.15, 0.2) is 11.0 Å². The van der Waals surface area contributed by atoms with Crippen molar-refractivity contribution in [2.45, 2.75) is 51.5 Å². The Bertz CT molecular complexity index is 498. The Morgan fingerprint density at radius 2 is 1.75 bits per heavy atom. The van der Waals surface area contributed by atoms with Gasteiger partial charge in [0, 0.05) is 5.57 Å². The third-order valence-electron chi connectivity index (χ3n) is 5.70. The third kappa shape index (κ3) is 2.01. The van der Waals surface area contributed by atoms with Crippen molar-refractivity contribution in [1.29, 1.82) is 0 Å². The fourth-order valence-corrected chi connectivity index (χ4v) is 5.51. The number of rotatable bonds is 4. The Hall–Kier alpha value is -1.16. The van der Waals surface area contributed by atoms with E-state index in [1.54, 1.807) is 0 Å². The molecule has 0 saturated heterocycles. The number of hydrogen-bond acceptors (Lipinski definition) is 4. The lowest BCUT2D eigenvalue weighted by molar-refractivity contribution is -0.0495. The minimum absolute atomic E-state index is 0.303. The van der Waals surface area contributed by atoms with E-state index in [0.29, 0.717) is 23.7 Å². The van der Waals surface area contributed by atoms with Crippen LogP contribution in [0.1, 0.15) is 56.7 Å². The van der Waals surface area contributed by atoms with Gasteiger partial charge < -0.3 is 10.2 Å². The summed E-state index contributed by atoms with van der Waals surface area (Å²) in [5.41, 5.74) is 7.01. The number of hydrogen-bond donors (Lipinski definition) is 1. The first-order chi connectivity index (χ1) is 9.66. The van der Waals surface area contributed by atoms with E-state index in [1.165, 1.54) is 38.5 Å². The zero-order valence-corrected chi connectivity index (χ0v) is 12.0. The van der Waals surface area contributed by atoms with Gasteiger partial charge in [-0.15, -0.1) is 10.2 Å². The van der Waals surface area contributed by atoms with E-state index in [1.807, 2.05) is 0 Å². The van der Waals surface area contributed by atoms with Crippen LogP contribution in [-0.2, 0) is 6.54 Å². The van der Waals surface area contributed by atoms with Crippen molar-refractivity contribution in [3.63, 3.8) is 0 Å². The average molecular weight is 273 g/mol. The molecule has 108 valence electrons. The lowest BCUT2D eigenvalue weighted by atomic mass is 9.48. The van der Waals surface area contributed by atoms with E-state index in [0.717, 1.165) is 29.7 Å². The molecule has 0 unspecified atom stereocenters. The summed E-state index contributed by atoms with van der Waals surface area (Å²) in [6.07, 6.45) is 9.61. The molecule has 0 atom stereocenters. The summed E-state index contributed by atoms with van der Waals surface area (Å²) < 4.78 is 5.56. The van der Waals surface area contributed by atoms with E-state index in [2.05, 4.69) is 16.8 Å². The molecule has 0 amide bonds. The van der Waals surface area contributed by atoms with Crippen LogP contribution in [0.5, 0.6) is 0 Å². The molecule has 4 aliphatic rings. The summed E-state index contributed by atoms with van der Waals surface area (Å²) in [6, 6.07) is 0. The van der Waals surface area contributed by atoms with E-state index in [9.17, 15) is 0 Å². The molecule has 4 heteroatoms. The Morgan fingerprint density at radius 3 is 2.25 bits per heavy atom. The molecular weight excluding hydrogens is 250 g/mol. The van der Waals surface area contributed by atoms with Gasteiger partial charge in [-0.2, -0.15) is 0 Å². The maximum Gasteiger partial charge on any atom is 0.243 e. The van der Waals surface area contributed by atoms with Crippen molar-refractivity contribution >= 4 is 5.57 Å². The van der Waals surface area contributed by atoms with Crippen LogP contribution >= 0.6 is 0 Å². The van der Waals surface area contributed by atoms with Crippen LogP contribution < -0.4 is 5.73 Å². The van der Waals surface area contributed by atoms with Crippen molar-refractivity contribution in [3.05, 3.63) is 18.4 Å². The van der Waals surface area contributed by atoms with Gasteiger partial charge in [0.25, 0.3) is 0 Å². The van der Waals surface area contributed by atoms with Gasteiger partial charge in [-0.1, -0.05) is 6.58 Å². The van der Waals surface area contributed by atoms with E-state index in [-0.39, 0.29) is 0 Å². The normalized spacial score (nSPS) is 38.4. The molecule has 5 rings (SSSR count). The quantitative estimate of drug-likeness (QED) is 0.915. The van der Waals surface area contributed by atoms with Crippen molar-refractivity contribution in [1.82, 2.24) is 10.2 Å². The van der Waals surface area contributed by atoms with Gasteiger partial charge in [-0.05, 0) is 68.1 Å². The molecule has 0 spiro atoms. The van der Waals surface area contributed by atoms with Gasteiger partial charge in [-0.25, -0.2) is 0 Å². The van der Waals surface area contributed by atoms with Crippen LogP contribution in [0.25, 0.3) is 5.57 Å². The first-order valence-corrected chi connectivity index (χ1v) is 7.86. The van der Waals surface area contributed by atoms with Crippen LogP contribution in [0.4, 0.5) is 0 Å². The maximum absolute atomic E-state index is 5.56. The van der Waals surface area contributed by atoms with Crippen molar-refractivity contribution in [2.75, 3.05) is 0 Å². The molecule has 1 aromatic heterocycles. The number of aromatic nitrogens is 2. The molecule has 20 heavy (non-hydrogen) atoms. The van der Waals surface area contributed by atoms with E-state index < -0.39 is 0 Å². The second-order valence-corrected chi connectivity index (χ2v) is 7.40. The molecule has 4 aliphatic carbocycles. The minimum Gasteiger partial charge on any atom is -0.420 e. The molecule has 4 saturated carbocycles. The SMILES string of the molecule is C=C(CC12CC3CC(CC(C3)C1)C2)c1nnc(CN)o1. The minimum atomic E-state index is 0.303. The fourth-order valence-electron chi connectivity index (χ4n) is 5.51. The third-order valence-corrected chi connectivity index (χ3v) is 5.70. The second kappa shape index (κ2) is 4.42. The average Bonchev–Trinajstić information content (AvgIpc) is 2.85. The van der Waals surface area contributed by atoms with Crippen LogP contribution in [0.3, 0.4) is 0 Å². The number of nitrogens with zero attached hydrogens (tertiary/aromatic N) is 2. The zero-order chi connectivity index (χ0) is 13.7. The topological polar surface area (TPSA) is 64.9 Å². The van der Waals surface area contributed by atoms with Gasteiger partial charge in [0.05, 0.1) is 6.54 Å². The Kier molecular flexibility index (Phi) is 2.78. The summed E-state index contributed by atoms with van der Waals surface area (Å²) in [5.74, 6) is 4.01. The summed E-state index contributed by atoms with van der Waals surface area (Å²) in [6.45, 7) is 4.51. The molecule has 1 aromatic rings. The van der Waals surface area contributed by atoms with Gasteiger partial charge in [0.15, 0.2) is 0 Å². The van der Waals surface area contributed by atoms with Gasteiger partial charge in [0.2, 0.25) is 11.8 Å². The second-order valence-electron chi connectivity index (χ2n) is 7.40. The first-order valence-electron chi connectivity index (χ1n) is 7.86. The summed E-state index contributed by atoms with van der Waals surface area (Å²) in [4.78, 5) is 0. The van der Waals surface area contributed by atoms with Crippen molar-refractivity contribution in [3.8, 4) is 0 Å². The molecule has 2 N–H and O–H groups in total. The van der Waals surface area contributed by atoms with Crippen molar-refractivity contribution in [2.24, 2.45) is 28.9 Å². The van der Waals surface area contributed by atoms with Crippen molar-refractivity contribution < 1.29 is 4.42 Å². The summed E-state index contributed by atoms with van der Waals surface area (Å²) >= 11 is 0. The highest BCUT2D eigenvalue weighted by molar-refractivity contribution is 5.56. The smallest absolute Gasteiger partial charge is 0.243 e. The zero-order valence-electron chi connectivity index (χ0n) is 12.0. The van der Waals surface area contributed by atoms with Crippen LogP contribution in [0.2, 0.25) is 0 Å². The maximum atomic E-state index is 5.56. The molecule has 0 radical (unpaired) electrons. The fraction of sp³-hybridized carbons (Fsp3) is 0.750. The molecule has 0 aromatic carbocycles. The van der Waals surface area contributed by atoms with Crippen LogP contribution in [-0.4, -0.2) is 10.2 Å². The largest absolute Gasteiger partial charge is 0.420 e. The Morgan fingerprint density at radius 1 is 1.15 bits per heavy atom. The predicted octanol–water partition coefficient (Wildman–Crippen LogP) is 3.15. The van der Waals surface area contributed by atoms with Gasteiger partial charge in [-0.3, -0.25) is 0 Å². The monoisotopic (exact) mass is 273 g/mol. The Labute approximate surface area is 119 Å². The van der Waals surface area contributed by atoms with E-state index >= 15 is 0 Å². The Balaban J connectivity index is 1.52. The highest BCUT2D eigenvalue weighted by atomic mass is 16.4. The molecule has 4 fully saturated rings. The van der Waals surface area contributed by atoms with Gasteiger partial charge in [0.1, 0.15) is 0 Å². The predicted molar refractivity (Wildman–Crippen MR) is 76.4 cm³/mol. The molecule has 1 heterocycles. The summed E-state index contributed by atoms with van der Waals surface area (Å²) in [7, 11) is 0. The molecular formula is C16H23N3O. The highest BCUT2D eigenvalue weighted by Crippen LogP contribution is 2.62. The van der Waals surface area contributed by atoms with E-state index in [4.69, 9.17) is 10.2 Å². The first kappa shape index (κ1) is 12.6. The molecule has 0 aliphatic heterocycles. The van der Waals surface area contributed by atoms with Crippen LogP contribution in [0, 0.1) is 23.2 Å². The number of allylic oxidation sites excluding steroid dienone is 1. The lowest BCUT2D eigenvalue weighted by Gasteiger charge is -2.57. The molecule has 4 bridgehead atoms. The lowest BCUT2D eigenvalue weighted by Crippen LogP contribution is -2.46. The summed E-state index contributed by atoms with van der Waals surface area (Å²) in [5, 5.41) is 8.04. The standard InChI is InChI=1S/C16H23N3O/c1-10(15-19-18-14(9-17)20-15)5-16-6-11-2-12(7-16)4-13(3-11)8-16/h11-13H,1-9,17H2. The van der Waals surface area contributed by atoms with Gasteiger partial charge >= 0.3 is 0 Å². The number of nitrogens with two attached hydrogens (primary N) is 1.